The number of hydrogen-bond donors (Lipinski definition) is 2. The zero-order valence-electron chi connectivity index (χ0n) is 11.9. The van der Waals surface area contributed by atoms with Gasteiger partial charge in [-0.1, -0.05) is 36.8 Å². The number of nitrogens with two attached hydrogens (primary N) is 1. The Balaban J connectivity index is 1.89. The second-order valence-corrected chi connectivity index (χ2v) is 5.75. The molecule has 1 aliphatic carbocycles. The van der Waals surface area contributed by atoms with Crippen molar-refractivity contribution in [1.82, 2.24) is 15.0 Å². The summed E-state index contributed by atoms with van der Waals surface area (Å²) in [5.41, 5.74) is 4.60. The molecular formula is C16H22N4. The van der Waals surface area contributed by atoms with E-state index >= 15 is 0 Å². The average molecular weight is 270 g/mol. The summed E-state index contributed by atoms with van der Waals surface area (Å²) in [6, 6.07) is 11.0. The van der Waals surface area contributed by atoms with Crippen LogP contribution < -0.4 is 11.3 Å². The zero-order valence-corrected chi connectivity index (χ0v) is 11.9. The van der Waals surface area contributed by atoms with Crippen molar-refractivity contribution in [1.29, 1.82) is 0 Å². The molecule has 3 rings (SSSR count). The predicted octanol–water partition coefficient (Wildman–Crippen LogP) is 1.92. The molecule has 2 aromatic rings. The third kappa shape index (κ3) is 2.15. The lowest BCUT2D eigenvalue weighted by Gasteiger charge is -2.48. The maximum Gasteiger partial charge on any atom is 0.110 e. The minimum absolute atomic E-state index is 0.155. The second kappa shape index (κ2) is 5.38. The minimum Gasteiger partial charge on any atom is -0.338 e. The Hall–Kier alpha value is -1.65. The lowest BCUT2D eigenvalue weighted by Crippen LogP contribution is -2.56. The van der Waals surface area contributed by atoms with Gasteiger partial charge in [0.15, 0.2) is 0 Å². The van der Waals surface area contributed by atoms with E-state index < -0.39 is 0 Å². The van der Waals surface area contributed by atoms with Crippen molar-refractivity contribution >= 4 is 0 Å². The molecular weight excluding hydrogens is 248 g/mol. The van der Waals surface area contributed by atoms with Gasteiger partial charge in [-0.15, -0.1) is 0 Å². The van der Waals surface area contributed by atoms with Crippen molar-refractivity contribution in [2.24, 2.45) is 12.9 Å². The molecule has 1 aromatic heterocycles. The van der Waals surface area contributed by atoms with E-state index in [2.05, 4.69) is 45.3 Å². The lowest BCUT2D eigenvalue weighted by molar-refractivity contribution is 0.166. The average Bonchev–Trinajstić information content (AvgIpc) is 2.83. The Bertz CT molecular complexity index is 557. The van der Waals surface area contributed by atoms with Crippen LogP contribution in [0.1, 0.15) is 30.7 Å². The predicted molar refractivity (Wildman–Crippen MR) is 80.0 cm³/mol. The molecule has 0 aliphatic heterocycles. The smallest absolute Gasteiger partial charge is 0.110 e. The van der Waals surface area contributed by atoms with Crippen molar-refractivity contribution in [3.05, 3.63) is 54.1 Å². The van der Waals surface area contributed by atoms with E-state index in [1.165, 1.54) is 24.8 Å². The van der Waals surface area contributed by atoms with Crippen molar-refractivity contribution in [2.75, 3.05) is 0 Å². The maximum atomic E-state index is 5.89. The summed E-state index contributed by atoms with van der Waals surface area (Å²) < 4.78 is 2.07. The lowest BCUT2D eigenvalue weighted by atomic mass is 9.59. The molecule has 0 amide bonds. The van der Waals surface area contributed by atoms with Crippen LogP contribution >= 0.6 is 0 Å². The van der Waals surface area contributed by atoms with Crippen LogP contribution in [-0.4, -0.2) is 15.6 Å². The Labute approximate surface area is 120 Å². The molecule has 20 heavy (non-hydrogen) atoms. The van der Waals surface area contributed by atoms with Crippen LogP contribution in [-0.2, 0) is 18.9 Å². The van der Waals surface area contributed by atoms with Gasteiger partial charge in [-0.25, -0.2) is 4.98 Å². The number of nitrogens with one attached hydrogen (secondary N) is 1. The Morgan fingerprint density at radius 3 is 2.60 bits per heavy atom. The molecule has 1 atom stereocenters. The van der Waals surface area contributed by atoms with Crippen LogP contribution in [0.25, 0.3) is 0 Å². The van der Waals surface area contributed by atoms with Crippen LogP contribution in [0.3, 0.4) is 0 Å². The summed E-state index contributed by atoms with van der Waals surface area (Å²) in [5.74, 6) is 6.96. The number of rotatable bonds is 5. The molecule has 3 N–H and O–H groups in total. The molecule has 4 nitrogen and oxygen atoms in total. The molecule has 1 heterocycles. The van der Waals surface area contributed by atoms with Crippen LogP contribution in [0.4, 0.5) is 0 Å². The third-order valence-electron chi connectivity index (χ3n) is 4.77. The first-order valence-corrected chi connectivity index (χ1v) is 7.24. The molecule has 1 fully saturated rings. The summed E-state index contributed by atoms with van der Waals surface area (Å²) in [4.78, 5) is 4.44. The van der Waals surface area contributed by atoms with Crippen LogP contribution in [0.5, 0.6) is 0 Å². The van der Waals surface area contributed by atoms with Crippen molar-refractivity contribution in [3.8, 4) is 0 Å². The normalized spacial score (nSPS) is 18.5. The Kier molecular flexibility index (Phi) is 3.59. The molecule has 0 radical (unpaired) electrons. The first-order chi connectivity index (χ1) is 9.76. The fourth-order valence-electron chi connectivity index (χ4n) is 3.36. The fourth-order valence-corrected chi connectivity index (χ4v) is 3.36. The fraction of sp³-hybridized carbons (Fsp3) is 0.438. The van der Waals surface area contributed by atoms with Gasteiger partial charge in [0.2, 0.25) is 0 Å². The third-order valence-corrected chi connectivity index (χ3v) is 4.77. The van der Waals surface area contributed by atoms with Gasteiger partial charge in [0.1, 0.15) is 5.82 Å². The highest BCUT2D eigenvalue weighted by molar-refractivity contribution is 5.31. The highest BCUT2D eigenvalue weighted by atomic mass is 15.2. The number of hydrogen-bond acceptors (Lipinski definition) is 3. The zero-order chi connectivity index (χ0) is 14.0. The number of benzene rings is 1. The van der Waals surface area contributed by atoms with E-state index in [4.69, 9.17) is 5.84 Å². The topological polar surface area (TPSA) is 55.9 Å². The van der Waals surface area contributed by atoms with Gasteiger partial charge in [-0.05, 0) is 18.4 Å². The van der Waals surface area contributed by atoms with E-state index in [0.29, 0.717) is 0 Å². The molecule has 0 spiro atoms. The van der Waals surface area contributed by atoms with E-state index in [0.717, 1.165) is 12.2 Å². The number of aromatic nitrogens is 2. The quantitative estimate of drug-likeness (QED) is 0.644. The monoisotopic (exact) mass is 270 g/mol. The number of aryl methyl sites for hydroxylation is 1. The minimum atomic E-state index is 0.155. The number of imidazole rings is 1. The largest absolute Gasteiger partial charge is 0.338 e. The Morgan fingerprint density at radius 2 is 2.10 bits per heavy atom. The van der Waals surface area contributed by atoms with Crippen LogP contribution in [0, 0.1) is 0 Å². The summed E-state index contributed by atoms with van der Waals surface area (Å²) in [5, 5.41) is 0. The number of nitrogens with zero attached hydrogens (tertiary/aromatic N) is 2. The van der Waals surface area contributed by atoms with E-state index in [1.807, 2.05) is 19.4 Å². The van der Waals surface area contributed by atoms with Crippen LogP contribution in [0.2, 0.25) is 0 Å². The first-order valence-electron chi connectivity index (χ1n) is 7.24. The number of hydrazine groups is 1. The van der Waals surface area contributed by atoms with Crippen molar-refractivity contribution < 1.29 is 0 Å². The molecule has 0 bridgehead atoms. The Morgan fingerprint density at radius 1 is 1.35 bits per heavy atom. The van der Waals surface area contributed by atoms with Gasteiger partial charge < -0.3 is 4.57 Å². The van der Waals surface area contributed by atoms with Gasteiger partial charge in [0.25, 0.3) is 0 Å². The highest BCUT2D eigenvalue weighted by Crippen LogP contribution is 2.46. The summed E-state index contributed by atoms with van der Waals surface area (Å²) in [6.07, 6.45) is 8.34. The van der Waals surface area contributed by atoms with Gasteiger partial charge in [0, 0.05) is 37.3 Å². The first kappa shape index (κ1) is 13.3. The van der Waals surface area contributed by atoms with Gasteiger partial charge in [0.05, 0.1) is 0 Å². The van der Waals surface area contributed by atoms with E-state index in [9.17, 15) is 0 Å². The standard InChI is InChI=1S/C16H22N4/c1-20-11-10-18-15(20)12-14(19-17)16(8-5-9-16)13-6-3-2-4-7-13/h2-4,6-7,10-11,14,19H,5,8-9,12,17H2,1H3. The maximum absolute atomic E-state index is 5.89. The second-order valence-electron chi connectivity index (χ2n) is 5.75. The SMILES string of the molecule is Cn1ccnc1CC(NN)C1(c2ccccc2)CCC1. The molecule has 1 aliphatic rings. The molecule has 0 saturated heterocycles. The highest BCUT2D eigenvalue weighted by Gasteiger charge is 2.45. The molecule has 4 heteroatoms. The molecule has 1 aromatic carbocycles. The summed E-state index contributed by atoms with van der Waals surface area (Å²) in [6.45, 7) is 0. The van der Waals surface area contributed by atoms with Crippen LogP contribution in [0.15, 0.2) is 42.7 Å². The van der Waals surface area contributed by atoms with Gasteiger partial charge in [-0.3, -0.25) is 11.3 Å². The van der Waals surface area contributed by atoms with E-state index in [-0.39, 0.29) is 11.5 Å². The summed E-state index contributed by atoms with van der Waals surface area (Å²) >= 11 is 0. The van der Waals surface area contributed by atoms with Gasteiger partial charge >= 0.3 is 0 Å². The van der Waals surface area contributed by atoms with Gasteiger partial charge in [-0.2, -0.15) is 0 Å². The van der Waals surface area contributed by atoms with E-state index in [1.54, 1.807) is 0 Å². The molecule has 106 valence electrons. The van der Waals surface area contributed by atoms with Crippen molar-refractivity contribution in [2.45, 2.75) is 37.1 Å². The molecule has 1 saturated carbocycles. The van der Waals surface area contributed by atoms with Crippen molar-refractivity contribution in [3.63, 3.8) is 0 Å². The summed E-state index contributed by atoms with van der Waals surface area (Å²) in [7, 11) is 2.03. The molecule has 1 unspecified atom stereocenters.